The number of methoxy groups -OCH3 is 1. The second-order valence-electron chi connectivity index (χ2n) is 5.97. The number of carbonyl (C=O) groups is 1. The van der Waals surface area contributed by atoms with Crippen LogP contribution in [0.2, 0.25) is 0 Å². The zero-order valence-electron chi connectivity index (χ0n) is 12.8. The first-order chi connectivity index (χ1) is 9.51. The van der Waals surface area contributed by atoms with E-state index in [9.17, 15) is 4.79 Å². The summed E-state index contributed by atoms with van der Waals surface area (Å²) in [7, 11) is 1.39. The Bertz CT molecular complexity index is 487. The summed E-state index contributed by atoms with van der Waals surface area (Å²) in [6.45, 7) is 6.45. The van der Waals surface area contributed by atoms with Crippen LogP contribution < -0.4 is 5.32 Å². The molecule has 110 valence electrons. The van der Waals surface area contributed by atoms with Crippen LogP contribution in [0.5, 0.6) is 0 Å². The van der Waals surface area contributed by atoms with Crippen molar-refractivity contribution in [3.8, 4) is 0 Å². The maximum atomic E-state index is 11.5. The molecule has 0 radical (unpaired) electrons. The Morgan fingerprint density at radius 3 is 2.70 bits per heavy atom. The van der Waals surface area contributed by atoms with E-state index in [0.717, 1.165) is 11.7 Å². The van der Waals surface area contributed by atoms with Gasteiger partial charge in [0, 0.05) is 6.04 Å². The molecule has 1 heterocycles. The van der Waals surface area contributed by atoms with Gasteiger partial charge in [-0.25, -0.2) is 9.78 Å². The van der Waals surface area contributed by atoms with E-state index in [-0.39, 0.29) is 5.97 Å². The van der Waals surface area contributed by atoms with E-state index in [0.29, 0.717) is 23.2 Å². The molecule has 0 bridgehead atoms. The van der Waals surface area contributed by atoms with Gasteiger partial charge in [0.2, 0.25) is 0 Å². The number of hydrogen-bond acceptors (Lipinski definition) is 4. The Kier molecular flexibility index (Phi) is 4.63. The summed E-state index contributed by atoms with van der Waals surface area (Å²) in [6.07, 6.45) is 3.71. The molecule has 4 heteroatoms. The minimum absolute atomic E-state index is 0.332. The quantitative estimate of drug-likeness (QED) is 0.860. The molecule has 3 atom stereocenters. The Hall–Kier alpha value is -1.58. The average molecular weight is 276 g/mol. The highest BCUT2D eigenvalue weighted by Crippen LogP contribution is 2.30. The molecular formula is C16H24N2O2. The van der Waals surface area contributed by atoms with E-state index in [1.807, 2.05) is 13.0 Å². The number of pyridine rings is 1. The number of aryl methyl sites for hydroxylation is 1. The van der Waals surface area contributed by atoms with E-state index in [1.54, 1.807) is 6.07 Å². The third-order valence-corrected chi connectivity index (χ3v) is 4.26. The summed E-state index contributed by atoms with van der Waals surface area (Å²) in [5.41, 5.74) is 1.24. The Morgan fingerprint density at radius 2 is 2.10 bits per heavy atom. The molecule has 1 aromatic rings. The van der Waals surface area contributed by atoms with Crippen LogP contribution in [0.1, 0.15) is 49.2 Å². The molecule has 0 spiro atoms. The highest BCUT2D eigenvalue weighted by molar-refractivity contribution is 5.90. The molecule has 1 aliphatic carbocycles. The Balaban J connectivity index is 2.07. The average Bonchev–Trinajstić information content (AvgIpc) is 2.41. The lowest BCUT2D eigenvalue weighted by atomic mass is 9.80. The molecule has 3 unspecified atom stereocenters. The van der Waals surface area contributed by atoms with Crippen LogP contribution in [-0.4, -0.2) is 24.1 Å². The lowest BCUT2D eigenvalue weighted by Gasteiger charge is -2.33. The van der Waals surface area contributed by atoms with Crippen molar-refractivity contribution in [3.05, 3.63) is 23.4 Å². The van der Waals surface area contributed by atoms with E-state index in [2.05, 4.69) is 24.1 Å². The normalized spacial score (nSPS) is 26.1. The van der Waals surface area contributed by atoms with E-state index < -0.39 is 0 Å². The Labute approximate surface area is 120 Å². The molecule has 1 saturated carbocycles. The zero-order valence-corrected chi connectivity index (χ0v) is 12.8. The molecule has 4 nitrogen and oxygen atoms in total. The molecule has 20 heavy (non-hydrogen) atoms. The summed E-state index contributed by atoms with van der Waals surface area (Å²) >= 11 is 0. The van der Waals surface area contributed by atoms with Gasteiger partial charge < -0.3 is 10.1 Å². The topological polar surface area (TPSA) is 51.2 Å². The van der Waals surface area contributed by atoms with Crippen molar-refractivity contribution in [3.63, 3.8) is 0 Å². The third kappa shape index (κ3) is 3.30. The van der Waals surface area contributed by atoms with Gasteiger partial charge in [0.05, 0.1) is 18.4 Å². The molecule has 1 aromatic heterocycles. The van der Waals surface area contributed by atoms with Crippen LogP contribution in [-0.2, 0) is 4.74 Å². The van der Waals surface area contributed by atoms with Crippen LogP contribution in [0.25, 0.3) is 0 Å². The largest absolute Gasteiger partial charge is 0.465 e. The van der Waals surface area contributed by atoms with Gasteiger partial charge in [-0.1, -0.05) is 13.8 Å². The Morgan fingerprint density at radius 1 is 1.35 bits per heavy atom. The van der Waals surface area contributed by atoms with Crippen molar-refractivity contribution >= 4 is 11.8 Å². The van der Waals surface area contributed by atoms with E-state index >= 15 is 0 Å². The predicted molar refractivity (Wildman–Crippen MR) is 79.9 cm³/mol. The van der Waals surface area contributed by atoms with E-state index in [1.165, 1.54) is 26.4 Å². The van der Waals surface area contributed by atoms with Gasteiger partial charge in [0.25, 0.3) is 0 Å². The highest BCUT2D eigenvalue weighted by atomic mass is 16.5. The predicted octanol–water partition coefficient (Wildman–Crippen LogP) is 3.41. The first-order valence-corrected chi connectivity index (χ1v) is 7.33. The number of carbonyl (C=O) groups excluding carboxylic acids is 1. The third-order valence-electron chi connectivity index (χ3n) is 4.26. The second-order valence-corrected chi connectivity index (χ2v) is 5.97. The van der Waals surface area contributed by atoms with Crippen LogP contribution in [0.4, 0.5) is 5.82 Å². The highest BCUT2D eigenvalue weighted by Gasteiger charge is 2.25. The number of esters is 1. The number of hydrogen-bond donors (Lipinski definition) is 1. The fraction of sp³-hybridized carbons (Fsp3) is 0.625. The van der Waals surface area contributed by atoms with Gasteiger partial charge >= 0.3 is 5.97 Å². The maximum Gasteiger partial charge on any atom is 0.339 e. The van der Waals surface area contributed by atoms with Crippen molar-refractivity contribution in [1.29, 1.82) is 0 Å². The molecule has 2 rings (SSSR count). The summed E-state index contributed by atoms with van der Waals surface area (Å²) in [6, 6.07) is 4.12. The molecule has 1 fully saturated rings. The van der Waals surface area contributed by atoms with Crippen LogP contribution >= 0.6 is 0 Å². The molecule has 0 aromatic carbocycles. The molecular weight excluding hydrogens is 252 g/mol. The SMILES string of the molecule is COC(=O)c1ccc(NC2CCC(C)CC2C)nc1C. The summed E-state index contributed by atoms with van der Waals surface area (Å²) in [4.78, 5) is 16.0. The molecule has 0 saturated heterocycles. The van der Waals surface area contributed by atoms with Gasteiger partial charge in [0.1, 0.15) is 5.82 Å². The standard InChI is InChI=1S/C16H24N2O2/c1-10-5-7-14(11(2)9-10)18-15-8-6-13(12(3)17-15)16(19)20-4/h6,8,10-11,14H,5,7,9H2,1-4H3,(H,17,18). The number of nitrogens with one attached hydrogen (secondary N) is 1. The summed E-state index contributed by atoms with van der Waals surface area (Å²) in [5, 5.41) is 3.51. The van der Waals surface area contributed by atoms with Crippen molar-refractivity contribution in [2.24, 2.45) is 11.8 Å². The van der Waals surface area contributed by atoms with Crippen LogP contribution in [0.15, 0.2) is 12.1 Å². The van der Waals surface area contributed by atoms with Crippen molar-refractivity contribution < 1.29 is 9.53 Å². The first kappa shape index (κ1) is 14.8. The number of nitrogens with zero attached hydrogens (tertiary/aromatic N) is 1. The molecule has 0 amide bonds. The fourth-order valence-electron chi connectivity index (χ4n) is 3.04. The fourth-order valence-corrected chi connectivity index (χ4v) is 3.04. The number of ether oxygens (including phenoxy) is 1. The van der Waals surface area contributed by atoms with Gasteiger partial charge in [-0.3, -0.25) is 0 Å². The molecule has 1 N–H and O–H groups in total. The number of anilines is 1. The monoisotopic (exact) mass is 276 g/mol. The number of aromatic nitrogens is 1. The van der Waals surface area contributed by atoms with Gasteiger partial charge in [0.15, 0.2) is 0 Å². The minimum atomic E-state index is -0.332. The van der Waals surface area contributed by atoms with Gasteiger partial charge in [-0.2, -0.15) is 0 Å². The molecule has 1 aliphatic rings. The van der Waals surface area contributed by atoms with Gasteiger partial charge in [-0.15, -0.1) is 0 Å². The maximum absolute atomic E-state index is 11.5. The second kappa shape index (κ2) is 6.25. The van der Waals surface area contributed by atoms with Crippen molar-refractivity contribution in [1.82, 2.24) is 4.98 Å². The van der Waals surface area contributed by atoms with Crippen molar-refractivity contribution in [2.75, 3.05) is 12.4 Å². The lowest BCUT2D eigenvalue weighted by molar-refractivity contribution is 0.0599. The van der Waals surface area contributed by atoms with Gasteiger partial charge in [-0.05, 0) is 50.2 Å². The minimum Gasteiger partial charge on any atom is -0.465 e. The lowest BCUT2D eigenvalue weighted by Crippen LogP contribution is -2.33. The first-order valence-electron chi connectivity index (χ1n) is 7.33. The zero-order chi connectivity index (χ0) is 14.7. The summed E-state index contributed by atoms with van der Waals surface area (Å²) < 4.78 is 4.74. The molecule has 0 aliphatic heterocycles. The smallest absolute Gasteiger partial charge is 0.339 e. The summed E-state index contributed by atoms with van der Waals surface area (Å²) in [5.74, 6) is 1.99. The van der Waals surface area contributed by atoms with Crippen LogP contribution in [0, 0.1) is 18.8 Å². The number of rotatable bonds is 3. The van der Waals surface area contributed by atoms with Crippen LogP contribution in [0.3, 0.4) is 0 Å². The van der Waals surface area contributed by atoms with Crippen molar-refractivity contribution in [2.45, 2.75) is 46.1 Å². The van der Waals surface area contributed by atoms with E-state index in [4.69, 9.17) is 4.74 Å².